The highest BCUT2D eigenvalue weighted by atomic mass is 32.2. The Hall–Kier alpha value is -1.57. The van der Waals surface area contributed by atoms with E-state index < -0.39 is 5.97 Å². The summed E-state index contributed by atoms with van der Waals surface area (Å²) in [5, 5.41) is 7.38. The summed E-state index contributed by atoms with van der Waals surface area (Å²) in [5.74, 6) is -0.716. The number of rotatable bonds is 6. The van der Waals surface area contributed by atoms with Gasteiger partial charge in [0.25, 0.3) is 5.22 Å². The second-order valence-electron chi connectivity index (χ2n) is 2.77. The third kappa shape index (κ3) is 4.43. The normalized spacial score (nSPS) is 10.0. The summed E-state index contributed by atoms with van der Waals surface area (Å²) in [4.78, 5) is 22.0. The van der Waals surface area contributed by atoms with E-state index in [0.717, 1.165) is 0 Å². The molecule has 0 aromatic carbocycles. The Morgan fingerprint density at radius 3 is 2.82 bits per heavy atom. The monoisotopic (exact) mass is 260 g/mol. The van der Waals surface area contributed by atoms with Gasteiger partial charge in [-0.05, 0) is 6.92 Å². The van der Waals surface area contributed by atoms with Crippen molar-refractivity contribution in [2.45, 2.75) is 18.6 Å². The molecule has 0 aliphatic heterocycles. The van der Waals surface area contributed by atoms with Gasteiger partial charge < -0.3 is 13.9 Å². The first-order valence-electron chi connectivity index (χ1n) is 4.87. The van der Waals surface area contributed by atoms with Crippen molar-refractivity contribution in [2.75, 3.05) is 19.5 Å². The van der Waals surface area contributed by atoms with Crippen LogP contribution in [0.4, 0.5) is 0 Å². The van der Waals surface area contributed by atoms with E-state index in [4.69, 9.17) is 4.42 Å². The second-order valence-corrected chi connectivity index (χ2v) is 3.81. The molecule has 0 bridgehead atoms. The van der Waals surface area contributed by atoms with Gasteiger partial charge in [-0.25, -0.2) is 4.79 Å². The molecule has 1 heterocycles. The summed E-state index contributed by atoms with van der Waals surface area (Å²) in [6, 6.07) is 0. The maximum absolute atomic E-state index is 11.2. The van der Waals surface area contributed by atoms with E-state index in [-0.39, 0.29) is 30.1 Å². The molecular formula is C9H12N2O5S. The van der Waals surface area contributed by atoms with Crippen LogP contribution in [0.3, 0.4) is 0 Å². The molecule has 8 heteroatoms. The summed E-state index contributed by atoms with van der Waals surface area (Å²) in [6.07, 6.45) is 0.234. The first kappa shape index (κ1) is 13.5. The lowest BCUT2D eigenvalue weighted by atomic mass is 10.5. The van der Waals surface area contributed by atoms with E-state index in [1.807, 2.05) is 0 Å². The van der Waals surface area contributed by atoms with Gasteiger partial charge in [0.2, 0.25) is 0 Å². The molecule has 1 rings (SSSR count). The quantitative estimate of drug-likeness (QED) is 0.550. The van der Waals surface area contributed by atoms with Crippen molar-refractivity contribution in [1.29, 1.82) is 0 Å². The molecule has 0 atom stereocenters. The van der Waals surface area contributed by atoms with Gasteiger partial charge in [-0.15, -0.1) is 5.10 Å². The van der Waals surface area contributed by atoms with Crippen molar-refractivity contribution in [3.05, 3.63) is 5.89 Å². The van der Waals surface area contributed by atoms with Crippen LogP contribution in [0.5, 0.6) is 0 Å². The molecule has 0 saturated carbocycles. The molecule has 0 amide bonds. The Balaban J connectivity index is 2.40. The van der Waals surface area contributed by atoms with Crippen LogP contribution in [0.1, 0.15) is 24.0 Å². The van der Waals surface area contributed by atoms with E-state index in [1.54, 1.807) is 6.92 Å². The molecule has 0 aliphatic rings. The van der Waals surface area contributed by atoms with Gasteiger partial charge >= 0.3 is 17.8 Å². The third-order valence-electron chi connectivity index (χ3n) is 1.62. The standard InChI is InChI=1S/C9H12N2O5S/c1-3-15-8(13)7-10-11-9(16-7)17-5-4-6(12)14-2/h3-5H2,1-2H3. The number of hydrogen-bond acceptors (Lipinski definition) is 8. The summed E-state index contributed by atoms with van der Waals surface area (Å²) < 4.78 is 14.2. The molecule has 0 saturated heterocycles. The molecule has 17 heavy (non-hydrogen) atoms. The maximum Gasteiger partial charge on any atom is 0.396 e. The largest absolute Gasteiger partial charge is 0.469 e. The van der Waals surface area contributed by atoms with E-state index in [2.05, 4.69) is 19.7 Å². The third-order valence-corrected chi connectivity index (χ3v) is 2.44. The number of methoxy groups -OCH3 is 1. The number of thioether (sulfide) groups is 1. The lowest BCUT2D eigenvalue weighted by molar-refractivity contribution is -0.140. The predicted molar refractivity (Wildman–Crippen MR) is 57.6 cm³/mol. The highest BCUT2D eigenvalue weighted by molar-refractivity contribution is 7.99. The van der Waals surface area contributed by atoms with E-state index in [1.165, 1.54) is 18.9 Å². The van der Waals surface area contributed by atoms with Gasteiger partial charge in [0.05, 0.1) is 20.1 Å². The smallest absolute Gasteiger partial charge is 0.396 e. The highest BCUT2D eigenvalue weighted by Crippen LogP contribution is 2.17. The number of hydrogen-bond donors (Lipinski definition) is 0. The van der Waals surface area contributed by atoms with E-state index in [0.29, 0.717) is 5.75 Å². The molecule has 0 fully saturated rings. The van der Waals surface area contributed by atoms with Crippen LogP contribution in [-0.2, 0) is 14.3 Å². The Labute approximate surface area is 102 Å². The Morgan fingerprint density at radius 1 is 1.41 bits per heavy atom. The average molecular weight is 260 g/mol. The van der Waals surface area contributed by atoms with Crippen molar-refractivity contribution in [1.82, 2.24) is 10.2 Å². The Kier molecular flexibility index (Phi) is 5.47. The van der Waals surface area contributed by atoms with Crippen LogP contribution in [-0.4, -0.2) is 41.6 Å². The zero-order valence-electron chi connectivity index (χ0n) is 9.47. The van der Waals surface area contributed by atoms with E-state index >= 15 is 0 Å². The second kappa shape index (κ2) is 6.89. The Bertz CT molecular complexity index is 392. The van der Waals surface area contributed by atoms with Crippen LogP contribution in [0.25, 0.3) is 0 Å². The topological polar surface area (TPSA) is 91.5 Å². The fourth-order valence-corrected chi connectivity index (χ4v) is 1.55. The molecule has 0 aliphatic carbocycles. The van der Waals surface area contributed by atoms with Crippen molar-refractivity contribution < 1.29 is 23.5 Å². The van der Waals surface area contributed by atoms with Gasteiger partial charge in [0.1, 0.15) is 0 Å². The number of carbonyl (C=O) groups excluding carboxylic acids is 2. The lowest BCUT2D eigenvalue weighted by Crippen LogP contribution is -2.04. The van der Waals surface area contributed by atoms with Gasteiger partial charge in [-0.3, -0.25) is 4.79 Å². The molecule has 0 spiro atoms. The average Bonchev–Trinajstić information content (AvgIpc) is 2.78. The summed E-state index contributed by atoms with van der Waals surface area (Å²) in [6.45, 7) is 1.92. The molecule has 0 N–H and O–H groups in total. The molecule has 0 unspecified atom stereocenters. The van der Waals surface area contributed by atoms with E-state index in [9.17, 15) is 9.59 Å². The summed E-state index contributed by atoms with van der Waals surface area (Å²) in [5.41, 5.74) is 0. The highest BCUT2D eigenvalue weighted by Gasteiger charge is 2.16. The SMILES string of the molecule is CCOC(=O)c1nnc(SCCC(=O)OC)o1. The number of aromatic nitrogens is 2. The number of esters is 2. The number of nitrogens with zero attached hydrogens (tertiary/aromatic N) is 2. The van der Waals surface area contributed by atoms with Gasteiger partial charge in [-0.1, -0.05) is 16.9 Å². The number of ether oxygens (including phenoxy) is 2. The molecular weight excluding hydrogens is 248 g/mol. The van der Waals surface area contributed by atoms with Gasteiger partial charge in [-0.2, -0.15) is 0 Å². The van der Waals surface area contributed by atoms with Crippen LogP contribution in [0, 0.1) is 0 Å². The fraction of sp³-hybridized carbons (Fsp3) is 0.556. The zero-order chi connectivity index (χ0) is 12.7. The maximum atomic E-state index is 11.2. The molecule has 1 aromatic heterocycles. The first-order valence-corrected chi connectivity index (χ1v) is 5.86. The lowest BCUT2D eigenvalue weighted by Gasteiger charge is -1.96. The van der Waals surface area contributed by atoms with Crippen LogP contribution < -0.4 is 0 Å². The predicted octanol–water partition coefficient (Wildman–Crippen LogP) is 0.902. The fourth-order valence-electron chi connectivity index (χ4n) is 0.867. The van der Waals surface area contributed by atoms with Crippen LogP contribution in [0.15, 0.2) is 9.64 Å². The minimum Gasteiger partial charge on any atom is -0.469 e. The number of carbonyl (C=O) groups is 2. The van der Waals surface area contributed by atoms with Crippen LogP contribution >= 0.6 is 11.8 Å². The van der Waals surface area contributed by atoms with Crippen molar-refractivity contribution in [3.63, 3.8) is 0 Å². The minimum atomic E-state index is -0.653. The van der Waals surface area contributed by atoms with Gasteiger partial charge in [0, 0.05) is 5.75 Å². The van der Waals surface area contributed by atoms with Crippen molar-refractivity contribution >= 4 is 23.7 Å². The molecule has 0 radical (unpaired) electrons. The summed E-state index contributed by atoms with van der Waals surface area (Å²) >= 11 is 1.17. The van der Waals surface area contributed by atoms with Gasteiger partial charge in [0.15, 0.2) is 0 Å². The minimum absolute atomic E-state index is 0.188. The first-order chi connectivity index (χ1) is 8.17. The molecule has 7 nitrogen and oxygen atoms in total. The van der Waals surface area contributed by atoms with Crippen molar-refractivity contribution in [2.24, 2.45) is 0 Å². The van der Waals surface area contributed by atoms with Crippen molar-refractivity contribution in [3.8, 4) is 0 Å². The zero-order valence-corrected chi connectivity index (χ0v) is 10.3. The molecule has 94 valence electrons. The summed E-state index contributed by atoms with van der Waals surface area (Å²) in [7, 11) is 1.32. The Morgan fingerprint density at radius 2 is 2.18 bits per heavy atom. The van der Waals surface area contributed by atoms with Crippen LogP contribution in [0.2, 0.25) is 0 Å². The molecule has 1 aromatic rings.